The third-order valence-electron chi connectivity index (χ3n) is 5.99. The van der Waals surface area contributed by atoms with Crippen LogP contribution in [-0.4, -0.2) is 62.0 Å². The Morgan fingerprint density at radius 3 is 2.23 bits per heavy atom. The first-order chi connectivity index (χ1) is 20.0. The molecular weight excluding hydrogens is 582 g/mol. The Hall–Kier alpha value is -4.33. The fraction of sp³-hybridized carbons (Fsp3) is 0.414. The summed E-state index contributed by atoms with van der Waals surface area (Å²) in [6.45, 7) is 11.1. The Morgan fingerprint density at radius 2 is 1.65 bits per heavy atom. The molecule has 2 N–H and O–H groups in total. The number of benzene rings is 1. The van der Waals surface area contributed by atoms with Crippen molar-refractivity contribution >= 4 is 45.7 Å². The molecule has 0 spiro atoms. The Morgan fingerprint density at radius 1 is 1.00 bits per heavy atom. The van der Waals surface area contributed by atoms with Crippen molar-refractivity contribution in [3.63, 3.8) is 0 Å². The van der Waals surface area contributed by atoms with E-state index in [0.717, 1.165) is 29.0 Å². The number of carbonyl (C=O) groups is 3. The standard InChI is InChI=1S/C29H34F2N6O5S/c1-28(2,3)41-26(39)35-25-21(34-24(43-25)20-17(30)9-8-10-18(20)31)23(38)33-19-15-32-36(7)22(19)16-11-13-37(14-12-16)27(40)42-29(4,5)6/h8-11,15H,12-14H2,1-7H3,(H,33,38)(H,35,39). The zero-order valence-electron chi connectivity index (χ0n) is 25.0. The lowest BCUT2D eigenvalue weighted by Crippen LogP contribution is -2.39. The number of amides is 3. The van der Waals surface area contributed by atoms with E-state index in [9.17, 15) is 23.2 Å². The van der Waals surface area contributed by atoms with Crippen molar-refractivity contribution in [3.8, 4) is 10.6 Å². The van der Waals surface area contributed by atoms with Gasteiger partial charge in [-0.15, -0.1) is 0 Å². The molecule has 14 heteroatoms. The van der Waals surface area contributed by atoms with Gasteiger partial charge < -0.3 is 19.7 Å². The summed E-state index contributed by atoms with van der Waals surface area (Å²) in [7, 11) is 1.71. The molecule has 4 rings (SSSR count). The first-order valence-corrected chi connectivity index (χ1v) is 14.3. The van der Waals surface area contributed by atoms with Gasteiger partial charge in [-0.3, -0.25) is 14.8 Å². The first-order valence-electron chi connectivity index (χ1n) is 13.5. The topological polar surface area (TPSA) is 128 Å². The molecule has 0 unspecified atom stereocenters. The third-order valence-corrected chi connectivity index (χ3v) is 6.97. The number of rotatable bonds is 5. The average Bonchev–Trinajstić information content (AvgIpc) is 3.45. The van der Waals surface area contributed by atoms with Crippen LogP contribution in [0.1, 0.15) is 64.1 Å². The van der Waals surface area contributed by atoms with Gasteiger partial charge in [-0.25, -0.2) is 23.4 Å². The van der Waals surface area contributed by atoms with Crippen molar-refractivity contribution in [1.82, 2.24) is 19.7 Å². The second kappa shape index (κ2) is 12.1. The predicted molar refractivity (Wildman–Crippen MR) is 159 cm³/mol. The molecule has 3 heterocycles. The van der Waals surface area contributed by atoms with Gasteiger partial charge in [-0.05, 0) is 65.7 Å². The van der Waals surface area contributed by atoms with Gasteiger partial charge in [0.05, 0.1) is 23.1 Å². The molecule has 1 aromatic carbocycles. The summed E-state index contributed by atoms with van der Waals surface area (Å²) >= 11 is 0.733. The first kappa shape index (κ1) is 31.6. The predicted octanol–water partition coefficient (Wildman–Crippen LogP) is 6.45. The van der Waals surface area contributed by atoms with Crippen LogP contribution in [-0.2, 0) is 16.5 Å². The maximum Gasteiger partial charge on any atom is 0.412 e. The van der Waals surface area contributed by atoms with Gasteiger partial charge in [-0.2, -0.15) is 5.10 Å². The lowest BCUT2D eigenvalue weighted by Gasteiger charge is -2.29. The highest BCUT2D eigenvalue weighted by Gasteiger charge is 2.29. The molecule has 1 aliphatic rings. The van der Waals surface area contributed by atoms with E-state index in [1.54, 1.807) is 58.2 Å². The van der Waals surface area contributed by atoms with Gasteiger partial charge in [0.15, 0.2) is 5.69 Å². The number of anilines is 2. The van der Waals surface area contributed by atoms with Gasteiger partial charge in [0.2, 0.25) is 0 Å². The largest absolute Gasteiger partial charge is 0.444 e. The summed E-state index contributed by atoms with van der Waals surface area (Å²) in [6.07, 6.45) is 2.50. The van der Waals surface area contributed by atoms with Crippen LogP contribution in [0.2, 0.25) is 0 Å². The van der Waals surface area contributed by atoms with Crippen LogP contribution in [0.3, 0.4) is 0 Å². The van der Waals surface area contributed by atoms with Crippen LogP contribution in [0.15, 0.2) is 30.5 Å². The minimum Gasteiger partial charge on any atom is -0.444 e. The highest BCUT2D eigenvalue weighted by molar-refractivity contribution is 7.19. The van der Waals surface area contributed by atoms with E-state index in [2.05, 4.69) is 20.7 Å². The maximum atomic E-state index is 14.6. The molecule has 1 aliphatic heterocycles. The smallest absolute Gasteiger partial charge is 0.412 e. The highest BCUT2D eigenvalue weighted by atomic mass is 32.1. The van der Waals surface area contributed by atoms with Crippen LogP contribution < -0.4 is 10.6 Å². The summed E-state index contributed by atoms with van der Waals surface area (Å²) in [6, 6.07) is 3.36. The fourth-order valence-corrected chi connectivity index (χ4v) is 5.23. The molecule has 230 valence electrons. The van der Waals surface area contributed by atoms with Crippen molar-refractivity contribution < 1.29 is 32.6 Å². The van der Waals surface area contributed by atoms with Crippen molar-refractivity contribution in [1.29, 1.82) is 0 Å². The van der Waals surface area contributed by atoms with E-state index in [1.165, 1.54) is 12.3 Å². The molecule has 43 heavy (non-hydrogen) atoms. The Bertz CT molecular complexity index is 1560. The van der Waals surface area contributed by atoms with Crippen LogP contribution in [0.4, 0.5) is 29.1 Å². The lowest BCUT2D eigenvalue weighted by molar-refractivity contribution is 0.0270. The minimum absolute atomic E-state index is 0.0558. The summed E-state index contributed by atoms with van der Waals surface area (Å²) in [5.74, 6) is -2.49. The van der Waals surface area contributed by atoms with E-state index >= 15 is 0 Å². The van der Waals surface area contributed by atoms with Crippen molar-refractivity contribution in [3.05, 3.63) is 53.5 Å². The second-order valence-corrected chi connectivity index (χ2v) is 12.8. The Balaban J connectivity index is 1.62. The van der Waals surface area contributed by atoms with E-state index in [0.29, 0.717) is 30.9 Å². The second-order valence-electron chi connectivity index (χ2n) is 11.8. The lowest BCUT2D eigenvalue weighted by atomic mass is 10.0. The third kappa shape index (κ3) is 7.74. The maximum absolute atomic E-state index is 14.6. The monoisotopic (exact) mass is 616 g/mol. The number of aryl methyl sites for hydroxylation is 1. The summed E-state index contributed by atoms with van der Waals surface area (Å²) in [4.78, 5) is 44.4. The molecule has 0 aliphatic carbocycles. The zero-order chi connectivity index (χ0) is 31.7. The molecule has 3 amide bonds. The quantitative estimate of drug-likeness (QED) is 0.337. The number of hydrogen-bond acceptors (Lipinski definition) is 8. The molecule has 0 fully saturated rings. The van der Waals surface area contributed by atoms with Gasteiger partial charge in [0.25, 0.3) is 5.91 Å². The molecule has 11 nitrogen and oxygen atoms in total. The van der Waals surface area contributed by atoms with Crippen LogP contribution in [0.5, 0.6) is 0 Å². The number of ether oxygens (including phenoxy) is 2. The molecule has 0 saturated carbocycles. The number of thiazole rings is 1. The van der Waals surface area contributed by atoms with Crippen molar-refractivity contribution in [2.75, 3.05) is 23.7 Å². The number of carbonyl (C=O) groups excluding carboxylic acids is 3. The minimum atomic E-state index is -0.872. The summed E-state index contributed by atoms with van der Waals surface area (Å²) in [5, 5.41) is 9.33. The number of hydrogen-bond donors (Lipinski definition) is 2. The molecular formula is C29H34F2N6O5S. The van der Waals surface area contributed by atoms with Crippen LogP contribution in [0.25, 0.3) is 16.1 Å². The number of halogens is 2. The highest BCUT2D eigenvalue weighted by Crippen LogP contribution is 2.36. The average molecular weight is 617 g/mol. The number of aromatic nitrogens is 3. The van der Waals surface area contributed by atoms with Gasteiger partial charge in [0.1, 0.15) is 32.8 Å². The number of nitrogens with zero attached hydrogens (tertiary/aromatic N) is 4. The Kier molecular flexibility index (Phi) is 8.90. The Labute approximate surface area is 251 Å². The van der Waals surface area contributed by atoms with Gasteiger partial charge in [0, 0.05) is 20.1 Å². The number of nitrogens with one attached hydrogen (secondary N) is 2. The van der Waals surface area contributed by atoms with E-state index in [-0.39, 0.29) is 15.7 Å². The van der Waals surface area contributed by atoms with Crippen molar-refractivity contribution in [2.24, 2.45) is 7.05 Å². The SMILES string of the molecule is Cn1ncc(NC(=O)c2nc(-c3c(F)cccc3F)sc2NC(=O)OC(C)(C)C)c1C1=CCN(C(=O)OC(C)(C)C)CC1. The van der Waals surface area contributed by atoms with Gasteiger partial charge >= 0.3 is 12.2 Å². The summed E-state index contributed by atoms with van der Waals surface area (Å²) < 4.78 is 41.5. The molecule has 3 aromatic rings. The van der Waals surface area contributed by atoms with E-state index in [1.807, 2.05) is 6.08 Å². The van der Waals surface area contributed by atoms with Gasteiger partial charge in [-0.1, -0.05) is 23.5 Å². The molecule has 0 radical (unpaired) electrons. The summed E-state index contributed by atoms with van der Waals surface area (Å²) in [5.41, 5.74) is -0.358. The van der Waals surface area contributed by atoms with E-state index in [4.69, 9.17) is 9.47 Å². The normalized spacial score (nSPS) is 13.8. The molecule has 2 aromatic heterocycles. The fourth-order valence-electron chi connectivity index (χ4n) is 4.23. The van der Waals surface area contributed by atoms with Crippen LogP contribution in [0, 0.1) is 11.6 Å². The van der Waals surface area contributed by atoms with Crippen LogP contribution >= 0.6 is 11.3 Å². The van der Waals surface area contributed by atoms with E-state index < -0.39 is 46.5 Å². The zero-order valence-corrected chi connectivity index (χ0v) is 25.8. The van der Waals surface area contributed by atoms with Crippen molar-refractivity contribution in [2.45, 2.75) is 59.2 Å². The molecule has 0 bridgehead atoms. The molecule has 0 saturated heterocycles. The molecule has 0 atom stereocenters.